The summed E-state index contributed by atoms with van der Waals surface area (Å²) in [6, 6.07) is 16.2. The number of carbonyl (C=O) groups excluding carboxylic acids is 1. The van der Waals surface area contributed by atoms with Gasteiger partial charge in [-0.3, -0.25) is 9.69 Å². The van der Waals surface area contributed by atoms with E-state index < -0.39 is 6.04 Å². The fourth-order valence-corrected chi connectivity index (χ4v) is 3.00. The largest absolute Gasteiger partial charge is 0.295 e. The van der Waals surface area contributed by atoms with Crippen LogP contribution in [0.15, 0.2) is 59.7 Å². The molecule has 26 heavy (non-hydrogen) atoms. The number of halogens is 1. The first-order chi connectivity index (χ1) is 12.5. The van der Waals surface area contributed by atoms with E-state index in [4.69, 9.17) is 0 Å². The minimum atomic E-state index is -0.417. The van der Waals surface area contributed by atoms with Crippen LogP contribution in [0.2, 0.25) is 0 Å². The predicted octanol–water partition coefficient (Wildman–Crippen LogP) is 3.84. The van der Waals surface area contributed by atoms with E-state index in [1.54, 1.807) is 18.2 Å². The van der Waals surface area contributed by atoms with Crippen molar-refractivity contribution < 1.29 is 9.18 Å². The van der Waals surface area contributed by atoms with E-state index in [1.807, 2.05) is 56.1 Å². The molecule has 0 aromatic heterocycles. The lowest BCUT2D eigenvalue weighted by molar-refractivity contribution is -0.134. The third-order valence-electron chi connectivity index (χ3n) is 4.80. The SMILES string of the molecule is CC(C)N(C)CC(=O)N1N=C(c2ccccc2)CC1c1ccccc1F. The van der Waals surface area contributed by atoms with Gasteiger partial charge >= 0.3 is 0 Å². The minimum Gasteiger partial charge on any atom is -0.295 e. The van der Waals surface area contributed by atoms with Gasteiger partial charge in [-0.15, -0.1) is 0 Å². The highest BCUT2D eigenvalue weighted by atomic mass is 19.1. The Labute approximate surface area is 153 Å². The second kappa shape index (κ2) is 7.79. The molecule has 1 aliphatic rings. The molecule has 3 rings (SSSR count). The van der Waals surface area contributed by atoms with Crippen molar-refractivity contribution in [2.75, 3.05) is 13.6 Å². The summed E-state index contributed by atoms with van der Waals surface area (Å²) in [6.45, 7) is 4.31. The summed E-state index contributed by atoms with van der Waals surface area (Å²) in [7, 11) is 1.90. The van der Waals surface area contributed by atoms with Crippen LogP contribution in [0.25, 0.3) is 0 Å². The van der Waals surface area contributed by atoms with Gasteiger partial charge in [0.2, 0.25) is 0 Å². The Kier molecular flexibility index (Phi) is 5.47. The summed E-state index contributed by atoms with van der Waals surface area (Å²) in [5.41, 5.74) is 2.27. The highest BCUT2D eigenvalue weighted by Gasteiger charge is 2.34. The van der Waals surface area contributed by atoms with E-state index in [1.165, 1.54) is 11.1 Å². The molecule has 4 nitrogen and oxygen atoms in total. The van der Waals surface area contributed by atoms with Crippen molar-refractivity contribution in [2.45, 2.75) is 32.4 Å². The van der Waals surface area contributed by atoms with Gasteiger partial charge in [0.25, 0.3) is 5.91 Å². The summed E-state index contributed by atoms with van der Waals surface area (Å²) in [5.74, 6) is -0.433. The zero-order valence-electron chi connectivity index (χ0n) is 15.4. The number of nitrogens with zero attached hydrogens (tertiary/aromatic N) is 3. The Morgan fingerprint density at radius 3 is 2.50 bits per heavy atom. The lowest BCUT2D eigenvalue weighted by Gasteiger charge is -2.26. The minimum absolute atomic E-state index is 0.125. The quantitative estimate of drug-likeness (QED) is 0.819. The van der Waals surface area contributed by atoms with Gasteiger partial charge in [0.05, 0.1) is 18.3 Å². The fourth-order valence-electron chi connectivity index (χ4n) is 3.00. The molecule has 1 amide bonds. The fraction of sp³-hybridized carbons (Fsp3) is 0.333. The number of rotatable bonds is 5. The summed E-state index contributed by atoms with van der Waals surface area (Å²) in [6.07, 6.45) is 0.502. The molecule has 2 aromatic carbocycles. The number of likely N-dealkylation sites (N-methyl/N-ethyl adjacent to an activating group) is 1. The van der Waals surface area contributed by atoms with Gasteiger partial charge < -0.3 is 0 Å². The number of benzene rings is 2. The van der Waals surface area contributed by atoms with E-state index in [0.717, 1.165) is 11.3 Å². The van der Waals surface area contributed by atoms with Gasteiger partial charge in [-0.1, -0.05) is 48.5 Å². The van der Waals surface area contributed by atoms with Crippen molar-refractivity contribution in [3.63, 3.8) is 0 Å². The molecule has 0 aliphatic carbocycles. The van der Waals surface area contributed by atoms with Crippen LogP contribution < -0.4 is 0 Å². The molecule has 0 saturated carbocycles. The van der Waals surface area contributed by atoms with Crippen molar-refractivity contribution in [2.24, 2.45) is 5.10 Å². The Balaban J connectivity index is 1.93. The average Bonchev–Trinajstić information content (AvgIpc) is 3.08. The van der Waals surface area contributed by atoms with Crippen molar-refractivity contribution in [3.05, 3.63) is 71.5 Å². The molecule has 5 heteroatoms. The maximum absolute atomic E-state index is 14.4. The lowest BCUT2D eigenvalue weighted by atomic mass is 9.98. The smallest absolute Gasteiger partial charge is 0.257 e. The molecule has 0 saturated heterocycles. The first kappa shape index (κ1) is 18.3. The monoisotopic (exact) mass is 353 g/mol. The van der Waals surface area contributed by atoms with Crippen molar-refractivity contribution in [1.82, 2.24) is 9.91 Å². The van der Waals surface area contributed by atoms with Crippen LogP contribution in [-0.4, -0.2) is 41.2 Å². The summed E-state index contributed by atoms with van der Waals surface area (Å²) < 4.78 is 14.4. The third-order valence-corrected chi connectivity index (χ3v) is 4.80. The summed E-state index contributed by atoms with van der Waals surface area (Å²) in [4.78, 5) is 14.8. The highest BCUT2D eigenvalue weighted by molar-refractivity contribution is 6.03. The van der Waals surface area contributed by atoms with E-state index in [2.05, 4.69) is 5.10 Å². The van der Waals surface area contributed by atoms with E-state index in [0.29, 0.717) is 12.0 Å². The Bertz CT molecular complexity index is 804. The number of amides is 1. The van der Waals surface area contributed by atoms with Crippen LogP contribution in [-0.2, 0) is 4.79 Å². The van der Waals surface area contributed by atoms with Gasteiger partial charge in [0.15, 0.2) is 0 Å². The van der Waals surface area contributed by atoms with Gasteiger partial charge in [-0.05, 0) is 32.5 Å². The molecule has 1 aliphatic heterocycles. The van der Waals surface area contributed by atoms with Crippen LogP contribution in [0.5, 0.6) is 0 Å². The number of hydrazone groups is 1. The molecule has 0 spiro atoms. The van der Waals surface area contributed by atoms with Gasteiger partial charge in [0, 0.05) is 18.0 Å². The molecule has 0 radical (unpaired) electrons. The van der Waals surface area contributed by atoms with Crippen molar-refractivity contribution in [1.29, 1.82) is 0 Å². The molecule has 1 unspecified atom stereocenters. The van der Waals surface area contributed by atoms with Crippen LogP contribution >= 0.6 is 0 Å². The zero-order valence-corrected chi connectivity index (χ0v) is 15.4. The molecule has 1 atom stereocenters. The second-order valence-corrected chi connectivity index (χ2v) is 6.90. The normalized spacial score (nSPS) is 17.1. The molecular weight excluding hydrogens is 329 g/mol. The second-order valence-electron chi connectivity index (χ2n) is 6.90. The number of hydrogen-bond acceptors (Lipinski definition) is 3. The van der Waals surface area contributed by atoms with Crippen LogP contribution in [0.4, 0.5) is 4.39 Å². The molecule has 0 fully saturated rings. The van der Waals surface area contributed by atoms with Gasteiger partial charge in [0.1, 0.15) is 5.82 Å². The molecule has 2 aromatic rings. The van der Waals surface area contributed by atoms with Gasteiger partial charge in [-0.2, -0.15) is 5.10 Å². The lowest BCUT2D eigenvalue weighted by Crippen LogP contribution is -2.39. The van der Waals surface area contributed by atoms with Crippen LogP contribution in [0.1, 0.15) is 37.4 Å². The Morgan fingerprint density at radius 2 is 1.85 bits per heavy atom. The predicted molar refractivity (Wildman–Crippen MR) is 101 cm³/mol. The average molecular weight is 353 g/mol. The van der Waals surface area contributed by atoms with Crippen molar-refractivity contribution >= 4 is 11.6 Å². The standard InChI is InChI=1S/C21H24FN3O/c1-15(2)24(3)14-21(26)25-20(17-11-7-8-12-18(17)22)13-19(23-25)16-9-5-4-6-10-16/h4-12,15,20H,13-14H2,1-3H3. The highest BCUT2D eigenvalue weighted by Crippen LogP contribution is 2.34. The molecule has 0 bridgehead atoms. The number of carbonyl (C=O) groups is 1. The van der Waals surface area contributed by atoms with Crippen LogP contribution in [0.3, 0.4) is 0 Å². The Morgan fingerprint density at radius 1 is 1.19 bits per heavy atom. The topological polar surface area (TPSA) is 35.9 Å². The maximum atomic E-state index is 14.4. The van der Waals surface area contributed by atoms with E-state index in [-0.39, 0.29) is 24.3 Å². The first-order valence-corrected chi connectivity index (χ1v) is 8.87. The Hall–Kier alpha value is -2.53. The zero-order chi connectivity index (χ0) is 18.7. The van der Waals surface area contributed by atoms with E-state index >= 15 is 0 Å². The summed E-state index contributed by atoms with van der Waals surface area (Å²) in [5, 5.41) is 6.03. The van der Waals surface area contributed by atoms with Crippen molar-refractivity contribution in [3.8, 4) is 0 Å². The third kappa shape index (κ3) is 3.83. The van der Waals surface area contributed by atoms with Crippen LogP contribution in [0, 0.1) is 5.82 Å². The molecule has 1 heterocycles. The van der Waals surface area contributed by atoms with Gasteiger partial charge in [-0.25, -0.2) is 9.40 Å². The summed E-state index contributed by atoms with van der Waals surface area (Å²) >= 11 is 0. The molecule has 0 N–H and O–H groups in total. The molecule has 136 valence electrons. The number of hydrogen-bond donors (Lipinski definition) is 0. The molecular formula is C21H24FN3O. The maximum Gasteiger partial charge on any atom is 0.257 e. The van der Waals surface area contributed by atoms with E-state index in [9.17, 15) is 9.18 Å². The first-order valence-electron chi connectivity index (χ1n) is 8.87.